The molecule has 0 saturated heterocycles. The minimum atomic E-state index is -0.214. The Kier molecular flexibility index (Phi) is 7.69. The molecule has 1 aromatic heterocycles. The van der Waals surface area contributed by atoms with Gasteiger partial charge < -0.3 is 9.30 Å². The molecule has 4 aromatic rings. The zero-order valence-corrected chi connectivity index (χ0v) is 20.8. The molecule has 33 heavy (non-hydrogen) atoms. The first-order valence-electron chi connectivity index (χ1n) is 10.0. The normalized spacial score (nSPS) is 11.2. The van der Waals surface area contributed by atoms with Crippen LogP contribution in [0.5, 0.6) is 5.75 Å². The topological polar surface area (TPSA) is 68.5 Å². The van der Waals surface area contributed by atoms with Gasteiger partial charge in [-0.2, -0.15) is 5.10 Å². The zero-order valence-electron chi connectivity index (χ0n) is 17.7. The summed E-state index contributed by atoms with van der Waals surface area (Å²) in [5.41, 5.74) is 6.40. The number of para-hydroxylation sites is 2. The molecule has 0 spiro atoms. The van der Waals surface area contributed by atoms with Crippen LogP contribution in [0.4, 0.5) is 0 Å². The van der Waals surface area contributed by atoms with E-state index in [0.29, 0.717) is 11.6 Å². The van der Waals surface area contributed by atoms with Crippen LogP contribution >= 0.6 is 39.3 Å². The Hall–Kier alpha value is -2.81. The Bertz CT molecular complexity index is 1310. The lowest BCUT2D eigenvalue weighted by molar-refractivity contribution is -0.118. The van der Waals surface area contributed by atoms with Crippen molar-refractivity contribution in [3.05, 3.63) is 87.4 Å². The van der Waals surface area contributed by atoms with E-state index in [1.54, 1.807) is 13.3 Å². The maximum Gasteiger partial charge on any atom is 0.250 e. The summed E-state index contributed by atoms with van der Waals surface area (Å²) in [6, 6.07) is 21.2. The van der Waals surface area contributed by atoms with Crippen LogP contribution < -0.4 is 10.2 Å². The number of thioether (sulfide) groups is 1. The predicted molar refractivity (Wildman–Crippen MR) is 137 cm³/mol. The Morgan fingerprint density at radius 1 is 1.21 bits per heavy atom. The number of amides is 1. The molecule has 0 radical (unpaired) electrons. The molecule has 0 aliphatic carbocycles. The van der Waals surface area contributed by atoms with Crippen molar-refractivity contribution in [1.29, 1.82) is 0 Å². The van der Waals surface area contributed by atoms with Crippen molar-refractivity contribution in [2.45, 2.75) is 11.7 Å². The van der Waals surface area contributed by atoms with Crippen molar-refractivity contribution >= 4 is 62.4 Å². The Morgan fingerprint density at radius 2 is 2.00 bits per heavy atom. The van der Waals surface area contributed by atoms with Crippen LogP contribution in [0, 0.1) is 0 Å². The van der Waals surface area contributed by atoms with Crippen LogP contribution in [0.15, 0.2) is 81.5 Å². The van der Waals surface area contributed by atoms with E-state index in [1.807, 2.05) is 66.7 Å². The van der Waals surface area contributed by atoms with E-state index in [0.717, 1.165) is 37.5 Å². The van der Waals surface area contributed by atoms with Gasteiger partial charge in [-0.3, -0.25) is 4.79 Å². The number of ether oxygens (including phenoxy) is 1. The number of halogens is 2. The molecule has 0 atom stereocenters. The number of carbonyl (C=O) groups is 1. The number of nitrogens with zero attached hydrogens (tertiary/aromatic N) is 3. The summed E-state index contributed by atoms with van der Waals surface area (Å²) in [6.45, 7) is 0.631. The maximum absolute atomic E-state index is 12.4. The molecule has 0 unspecified atom stereocenters. The van der Waals surface area contributed by atoms with Crippen molar-refractivity contribution in [1.82, 2.24) is 15.0 Å². The summed E-state index contributed by atoms with van der Waals surface area (Å²) in [7, 11) is 1.61. The standard InChI is InChI=1S/C24H20BrClN4O2S/c1-32-22-11-8-17(12-19(22)25)13-27-29-23(31)15-33-24-28-20-4-2-3-5-21(20)30(24)14-16-6-9-18(26)10-7-16/h2-13H,14-15H2,1H3,(H,29,31). The first-order valence-corrected chi connectivity index (χ1v) is 12.2. The first-order chi connectivity index (χ1) is 16.0. The van der Waals surface area contributed by atoms with Gasteiger partial charge in [0.2, 0.25) is 0 Å². The third-order valence-corrected chi connectivity index (χ3v) is 6.63. The molecule has 6 nitrogen and oxygen atoms in total. The maximum atomic E-state index is 12.4. The minimum Gasteiger partial charge on any atom is -0.496 e. The van der Waals surface area contributed by atoms with Gasteiger partial charge in [-0.25, -0.2) is 10.4 Å². The molecule has 0 saturated carbocycles. The summed E-state index contributed by atoms with van der Waals surface area (Å²) in [6.07, 6.45) is 1.59. The molecular formula is C24H20BrClN4O2S. The Labute approximate surface area is 209 Å². The van der Waals surface area contributed by atoms with Crippen LogP contribution in [-0.4, -0.2) is 34.5 Å². The van der Waals surface area contributed by atoms with E-state index in [2.05, 4.69) is 31.0 Å². The number of methoxy groups -OCH3 is 1. The van der Waals surface area contributed by atoms with Crippen molar-refractivity contribution in [2.75, 3.05) is 12.9 Å². The second-order valence-electron chi connectivity index (χ2n) is 7.07. The molecule has 1 N–H and O–H groups in total. The average Bonchev–Trinajstić information content (AvgIpc) is 3.16. The molecule has 0 aliphatic rings. The molecule has 168 valence electrons. The quantitative estimate of drug-likeness (QED) is 0.175. The monoisotopic (exact) mass is 542 g/mol. The number of carbonyl (C=O) groups excluding carboxylic acids is 1. The number of aromatic nitrogens is 2. The molecule has 0 bridgehead atoms. The van der Waals surface area contributed by atoms with Crippen molar-refractivity contribution in [3.8, 4) is 5.75 Å². The summed E-state index contributed by atoms with van der Waals surface area (Å²) in [4.78, 5) is 17.1. The number of imidazole rings is 1. The number of hydrazone groups is 1. The summed E-state index contributed by atoms with van der Waals surface area (Å²) in [5.74, 6) is 0.705. The summed E-state index contributed by atoms with van der Waals surface area (Å²) in [5, 5.41) is 5.52. The smallest absolute Gasteiger partial charge is 0.250 e. The number of rotatable bonds is 8. The van der Waals surface area contributed by atoms with Crippen molar-refractivity contribution in [3.63, 3.8) is 0 Å². The van der Waals surface area contributed by atoms with Crippen LogP contribution in [0.25, 0.3) is 11.0 Å². The number of nitrogens with one attached hydrogen (secondary N) is 1. The van der Waals surface area contributed by atoms with Gasteiger partial charge in [-0.1, -0.05) is 47.6 Å². The molecular weight excluding hydrogens is 524 g/mol. The second kappa shape index (κ2) is 10.9. The van der Waals surface area contributed by atoms with E-state index in [1.165, 1.54) is 11.8 Å². The van der Waals surface area contributed by atoms with Gasteiger partial charge in [0.25, 0.3) is 5.91 Å². The van der Waals surface area contributed by atoms with Gasteiger partial charge in [0.15, 0.2) is 5.16 Å². The lowest BCUT2D eigenvalue weighted by atomic mass is 10.2. The van der Waals surface area contributed by atoms with E-state index >= 15 is 0 Å². The van der Waals surface area contributed by atoms with Crippen LogP contribution in [-0.2, 0) is 11.3 Å². The molecule has 1 amide bonds. The van der Waals surface area contributed by atoms with Crippen LogP contribution in [0.3, 0.4) is 0 Å². The number of hydrogen-bond acceptors (Lipinski definition) is 5. The fourth-order valence-corrected chi connectivity index (χ4v) is 4.68. The number of benzene rings is 3. The minimum absolute atomic E-state index is 0.188. The summed E-state index contributed by atoms with van der Waals surface area (Å²) >= 11 is 10.8. The zero-order chi connectivity index (χ0) is 23.2. The highest BCUT2D eigenvalue weighted by Crippen LogP contribution is 2.26. The molecule has 4 rings (SSSR count). The van der Waals surface area contributed by atoms with Gasteiger partial charge in [-0.15, -0.1) is 0 Å². The average molecular weight is 544 g/mol. The second-order valence-corrected chi connectivity index (χ2v) is 9.30. The van der Waals surface area contributed by atoms with Gasteiger partial charge in [0.1, 0.15) is 5.75 Å². The number of hydrogen-bond donors (Lipinski definition) is 1. The van der Waals surface area contributed by atoms with E-state index in [4.69, 9.17) is 21.3 Å². The molecule has 0 fully saturated rings. The first kappa shape index (κ1) is 23.4. The van der Waals surface area contributed by atoms with E-state index < -0.39 is 0 Å². The summed E-state index contributed by atoms with van der Waals surface area (Å²) < 4.78 is 8.13. The van der Waals surface area contributed by atoms with E-state index in [9.17, 15) is 4.79 Å². The predicted octanol–water partition coefficient (Wildman–Crippen LogP) is 5.75. The Balaban J connectivity index is 1.42. The Morgan fingerprint density at radius 3 is 2.76 bits per heavy atom. The van der Waals surface area contributed by atoms with Crippen molar-refractivity contribution < 1.29 is 9.53 Å². The molecule has 1 heterocycles. The third-order valence-electron chi connectivity index (χ3n) is 4.78. The fraction of sp³-hybridized carbons (Fsp3) is 0.125. The molecule has 3 aromatic carbocycles. The van der Waals surface area contributed by atoms with Gasteiger partial charge in [0.05, 0.1) is 41.1 Å². The SMILES string of the molecule is COc1ccc(C=NNC(=O)CSc2nc3ccccc3n2Cc2ccc(Cl)cc2)cc1Br. The highest BCUT2D eigenvalue weighted by molar-refractivity contribution is 9.10. The largest absolute Gasteiger partial charge is 0.496 e. The van der Waals surface area contributed by atoms with Gasteiger partial charge in [0, 0.05) is 5.02 Å². The lowest BCUT2D eigenvalue weighted by Gasteiger charge is -2.09. The third kappa shape index (κ3) is 5.96. The lowest BCUT2D eigenvalue weighted by Crippen LogP contribution is -2.20. The number of fused-ring (bicyclic) bond motifs is 1. The van der Waals surface area contributed by atoms with Crippen molar-refractivity contribution in [2.24, 2.45) is 5.10 Å². The molecule has 9 heteroatoms. The van der Waals surface area contributed by atoms with Crippen LogP contribution in [0.1, 0.15) is 11.1 Å². The van der Waals surface area contributed by atoms with Gasteiger partial charge in [-0.05, 0) is 69.5 Å². The van der Waals surface area contributed by atoms with Crippen LogP contribution in [0.2, 0.25) is 5.02 Å². The molecule has 0 aliphatic heterocycles. The van der Waals surface area contributed by atoms with Gasteiger partial charge >= 0.3 is 0 Å². The highest BCUT2D eigenvalue weighted by Gasteiger charge is 2.13. The fourth-order valence-electron chi connectivity index (χ4n) is 3.19. The highest BCUT2D eigenvalue weighted by atomic mass is 79.9. The van der Waals surface area contributed by atoms with E-state index in [-0.39, 0.29) is 11.7 Å².